The summed E-state index contributed by atoms with van der Waals surface area (Å²) in [6, 6.07) is 9.86. The number of carboxylic acid groups (broad SMARTS) is 1. The van der Waals surface area contributed by atoms with Crippen molar-refractivity contribution >= 4 is 28.8 Å². The summed E-state index contributed by atoms with van der Waals surface area (Å²) in [7, 11) is 0. The highest BCUT2D eigenvalue weighted by Crippen LogP contribution is 2.37. The van der Waals surface area contributed by atoms with E-state index in [2.05, 4.69) is 15.3 Å². The van der Waals surface area contributed by atoms with E-state index in [-0.39, 0.29) is 34.5 Å². The molecular weight excluding hydrogens is 473 g/mol. The molecule has 0 spiro atoms. The molecule has 0 amide bonds. The van der Waals surface area contributed by atoms with Gasteiger partial charge in [0.25, 0.3) is 5.56 Å². The summed E-state index contributed by atoms with van der Waals surface area (Å²) in [5.74, 6) is -2.09. The maximum absolute atomic E-state index is 14.3. The van der Waals surface area contributed by atoms with Crippen LogP contribution in [-0.4, -0.2) is 37.8 Å². The molecule has 3 aromatic rings. The largest absolute Gasteiger partial charge is 0.476 e. The number of aromatic carboxylic acids is 1. The van der Waals surface area contributed by atoms with Crippen LogP contribution in [0.3, 0.4) is 0 Å². The van der Waals surface area contributed by atoms with Crippen LogP contribution in [0.1, 0.15) is 23.2 Å². The SMILES string of the molecule is CC1C=C([C@H](Nc2ccc(Cl)nc2C(=O)O)C(F)(F)F)c2nc(-c3ccccc3)cc(=O)n2C1. The van der Waals surface area contributed by atoms with Gasteiger partial charge in [-0.25, -0.2) is 14.8 Å². The van der Waals surface area contributed by atoms with Crippen molar-refractivity contribution in [1.29, 1.82) is 0 Å². The van der Waals surface area contributed by atoms with Crippen molar-refractivity contribution in [1.82, 2.24) is 14.5 Å². The van der Waals surface area contributed by atoms with Crippen LogP contribution < -0.4 is 10.9 Å². The van der Waals surface area contributed by atoms with Crippen molar-refractivity contribution < 1.29 is 23.1 Å². The third-order valence-corrected chi connectivity index (χ3v) is 5.48. The first kappa shape index (κ1) is 23.5. The van der Waals surface area contributed by atoms with Gasteiger partial charge in [0.15, 0.2) is 11.7 Å². The second-order valence-corrected chi connectivity index (χ2v) is 8.22. The molecule has 0 aliphatic carbocycles. The number of hydrogen-bond donors (Lipinski definition) is 2. The van der Waals surface area contributed by atoms with Gasteiger partial charge >= 0.3 is 12.1 Å². The monoisotopic (exact) mass is 490 g/mol. The van der Waals surface area contributed by atoms with Crippen molar-refractivity contribution in [2.75, 3.05) is 5.32 Å². The first-order chi connectivity index (χ1) is 16.0. The summed E-state index contributed by atoms with van der Waals surface area (Å²) in [6.07, 6.45) is -3.46. The normalized spacial score (nSPS) is 16.4. The maximum atomic E-state index is 14.3. The number of alkyl halides is 3. The highest BCUT2D eigenvalue weighted by Gasteiger charge is 2.45. The number of pyridine rings is 1. The van der Waals surface area contributed by atoms with E-state index in [1.807, 2.05) is 0 Å². The zero-order valence-corrected chi connectivity index (χ0v) is 18.4. The molecule has 1 unspecified atom stereocenters. The van der Waals surface area contributed by atoms with E-state index >= 15 is 0 Å². The molecule has 3 heterocycles. The Hall–Kier alpha value is -3.66. The van der Waals surface area contributed by atoms with Gasteiger partial charge in [0.2, 0.25) is 0 Å². The van der Waals surface area contributed by atoms with Crippen LogP contribution in [0.4, 0.5) is 18.9 Å². The Morgan fingerprint density at radius 2 is 1.91 bits per heavy atom. The van der Waals surface area contributed by atoms with Crippen molar-refractivity contribution in [2.45, 2.75) is 25.7 Å². The lowest BCUT2D eigenvalue weighted by atomic mass is 9.95. The van der Waals surface area contributed by atoms with E-state index < -0.39 is 35.4 Å². The zero-order valence-electron chi connectivity index (χ0n) is 17.7. The number of benzene rings is 1. The zero-order chi connectivity index (χ0) is 24.6. The highest BCUT2D eigenvalue weighted by atomic mass is 35.5. The van der Waals surface area contributed by atoms with Crippen molar-refractivity contribution in [3.8, 4) is 11.3 Å². The van der Waals surface area contributed by atoms with E-state index in [0.717, 1.165) is 6.07 Å². The Bertz CT molecular complexity index is 1340. The lowest BCUT2D eigenvalue weighted by Gasteiger charge is -2.31. The molecule has 34 heavy (non-hydrogen) atoms. The van der Waals surface area contributed by atoms with Crippen LogP contribution in [-0.2, 0) is 6.54 Å². The number of allylic oxidation sites excluding steroid dienone is 1. The van der Waals surface area contributed by atoms with Gasteiger partial charge in [0.1, 0.15) is 11.0 Å². The lowest BCUT2D eigenvalue weighted by molar-refractivity contribution is -0.130. The number of nitrogens with zero attached hydrogens (tertiary/aromatic N) is 3. The van der Waals surface area contributed by atoms with Gasteiger partial charge in [-0.2, -0.15) is 13.2 Å². The minimum atomic E-state index is -4.86. The first-order valence-corrected chi connectivity index (χ1v) is 10.5. The van der Waals surface area contributed by atoms with Gasteiger partial charge in [-0.05, 0) is 18.1 Å². The third-order valence-electron chi connectivity index (χ3n) is 5.27. The summed E-state index contributed by atoms with van der Waals surface area (Å²) in [5.41, 5.74) is -0.986. The van der Waals surface area contributed by atoms with Gasteiger partial charge in [-0.15, -0.1) is 0 Å². The fourth-order valence-electron chi connectivity index (χ4n) is 3.81. The molecule has 2 N–H and O–H groups in total. The molecular formula is C23H18ClF3N4O3. The molecule has 1 aliphatic rings. The topological polar surface area (TPSA) is 97.1 Å². The van der Waals surface area contributed by atoms with E-state index in [0.29, 0.717) is 5.56 Å². The quantitative estimate of drug-likeness (QED) is 0.502. The second kappa shape index (κ2) is 8.94. The number of anilines is 1. The highest BCUT2D eigenvalue weighted by molar-refractivity contribution is 6.29. The standard InChI is InChI=1S/C23H18ClF3N4O3/c1-12-9-14(20(23(25,26)27)28-15-7-8-17(24)30-19(15)22(33)34)21-29-16(10-18(32)31(21)11-12)13-5-3-2-4-6-13/h2-10,12,20,28H,11H2,1H3,(H,33,34)/t12?,20-/m0/s1. The Balaban J connectivity index is 1.87. The molecule has 4 rings (SSSR count). The lowest BCUT2D eigenvalue weighted by Crippen LogP contribution is -2.42. The summed E-state index contributed by atoms with van der Waals surface area (Å²) in [6.45, 7) is 1.84. The molecule has 176 valence electrons. The van der Waals surface area contributed by atoms with Gasteiger partial charge < -0.3 is 10.4 Å². The third kappa shape index (κ3) is 4.67. The number of halogens is 4. The molecule has 0 bridgehead atoms. The molecule has 1 aliphatic heterocycles. The van der Waals surface area contributed by atoms with Gasteiger partial charge in [-0.3, -0.25) is 9.36 Å². The average molecular weight is 491 g/mol. The van der Waals surface area contributed by atoms with E-state index in [9.17, 15) is 27.9 Å². The predicted octanol–water partition coefficient (Wildman–Crippen LogP) is 4.73. The van der Waals surface area contributed by atoms with Crippen LogP contribution in [0, 0.1) is 5.92 Å². The number of nitrogens with one attached hydrogen (secondary N) is 1. The van der Waals surface area contributed by atoms with Gasteiger partial charge in [0, 0.05) is 23.7 Å². The number of carbonyl (C=O) groups is 1. The number of carboxylic acids is 1. The second-order valence-electron chi connectivity index (χ2n) is 7.83. The summed E-state index contributed by atoms with van der Waals surface area (Å²) >= 11 is 5.73. The van der Waals surface area contributed by atoms with Crippen molar-refractivity contribution in [2.24, 2.45) is 5.92 Å². The number of fused-ring (bicyclic) bond motifs is 1. The van der Waals surface area contributed by atoms with Crippen molar-refractivity contribution in [3.05, 3.63) is 81.6 Å². The van der Waals surface area contributed by atoms with Crippen molar-refractivity contribution in [3.63, 3.8) is 0 Å². The maximum Gasteiger partial charge on any atom is 0.412 e. The van der Waals surface area contributed by atoms with Crippen LogP contribution in [0.2, 0.25) is 5.15 Å². The Labute approximate surface area is 196 Å². The fourth-order valence-corrected chi connectivity index (χ4v) is 3.96. The van der Waals surface area contributed by atoms with Gasteiger partial charge in [0.05, 0.1) is 11.4 Å². The minimum Gasteiger partial charge on any atom is -0.476 e. The van der Waals surface area contributed by atoms with Crippen LogP contribution in [0.5, 0.6) is 0 Å². The molecule has 0 radical (unpaired) electrons. The van der Waals surface area contributed by atoms with Gasteiger partial charge in [-0.1, -0.05) is 54.9 Å². The Kier molecular flexibility index (Phi) is 6.18. The Morgan fingerprint density at radius 3 is 2.56 bits per heavy atom. The number of aromatic nitrogens is 3. The number of rotatable bonds is 5. The summed E-state index contributed by atoms with van der Waals surface area (Å²) in [4.78, 5) is 32.5. The first-order valence-electron chi connectivity index (χ1n) is 10.2. The molecule has 7 nitrogen and oxygen atoms in total. The number of hydrogen-bond acceptors (Lipinski definition) is 5. The molecule has 0 saturated carbocycles. The van der Waals surface area contributed by atoms with E-state index in [4.69, 9.17) is 11.6 Å². The average Bonchev–Trinajstić information content (AvgIpc) is 2.78. The molecule has 0 fully saturated rings. The van der Waals surface area contributed by atoms with E-state index in [1.165, 1.54) is 22.8 Å². The summed E-state index contributed by atoms with van der Waals surface area (Å²) < 4.78 is 44.2. The molecule has 0 saturated heterocycles. The minimum absolute atomic E-state index is 0.141. The molecule has 11 heteroatoms. The predicted molar refractivity (Wildman–Crippen MR) is 121 cm³/mol. The van der Waals surface area contributed by atoms with Crippen LogP contribution in [0.25, 0.3) is 16.8 Å². The smallest absolute Gasteiger partial charge is 0.412 e. The molecule has 2 atom stereocenters. The van der Waals surface area contributed by atoms with E-state index in [1.54, 1.807) is 37.3 Å². The van der Waals surface area contributed by atoms with Crippen LogP contribution in [0.15, 0.2) is 59.4 Å². The van der Waals surface area contributed by atoms with Crippen LogP contribution >= 0.6 is 11.6 Å². The molecule has 2 aromatic heterocycles. The Morgan fingerprint density at radius 1 is 1.21 bits per heavy atom. The molecule has 1 aromatic carbocycles. The fraction of sp³-hybridized carbons (Fsp3) is 0.217. The summed E-state index contributed by atoms with van der Waals surface area (Å²) in [5, 5.41) is 11.5.